The van der Waals surface area contributed by atoms with Gasteiger partial charge in [0, 0.05) is 16.2 Å². The zero-order valence-corrected chi connectivity index (χ0v) is 11.1. The second-order valence-corrected chi connectivity index (χ2v) is 4.75. The maximum Gasteiger partial charge on any atom is 0.190 e. The average Bonchev–Trinajstić information content (AvgIpc) is 2.82. The maximum absolute atomic E-state index is 4.31. The molecule has 0 unspecified atom stereocenters. The first kappa shape index (κ1) is 11.1. The van der Waals surface area contributed by atoms with Crippen LogP contribution < -0.4 is 0 Å². The minimum absolute atomic E-state index is 0.758. The minimum Gasteiger partial charge on any atom is -0.293 e. The number of aromatic nitrogens is 2. The molecule has 3 heteroatoms. The lowest BCUT2D eigenvalue weighted by Crippen LogP contribution is -1.87. The van der Waals surface area contributed by atoms with Crippen LogP contribution in [-0.2, 0) is 0 Å². The van der Waals surface area contributed by atoms with Crippen LogP contribution in [0.15, 0.2) is 59.3 Å². The molecule has 18 heavy (non-hydrogen) atoms. The number of fused-ring (bicyclic) bond motifs is 1. The summed E-state index contributed by atoms with van der Waals surface area (Å²) in [5, 5.41) is 0. The van der Waals surface area contributed by atoms with E-state index < -0.39 is 0 Å². The summed E-state index contributed by atoms with van der Waals surface area (Å²) in [6.45, 7) is 0. The van der Waals surface area contributed by atoms with E-state index in [0.717, 1.165) is 21.4 Å². The van der Waals surface area contributed by atoms with Crippen molar-refractivity contribution < 1.29 is 0 Å². The first-order chi connectivity index (χ1) is 8.83. The molecule has 0 spiro atoms. The van der Waals surface area contributed by atoms with Gasteiger partial charge in [-0.1, -0.05) is 27.9 Å². The lowest BCUT2D eigenvalue weighted by atomic mass is 10.2. The van der Waals surface area contributed by atoms with Crippen LogP contribution in [0.4, 0.5) is 0 Å². The minimum atomic E-state index is 0.758. The number of imidazole rings is 1. The molecule has 0 fully saturated rings. The molecular weight excluding hydrogens is 288 g/mol. The summed E-state index contributed by atoms with van der Waals surface area (Å²) < 4.78 is 3.03. The molecule has 3 rings (SSSR count). The molecule has 0 aliphatic heterocycles. The van der Waals surface area contributed by atoms with E-state index >= 15 is 0 Å². The Morgan fingerprint density at radius 3 is 2.67 bits per heavy atom. The predicted molar refractivity (Wildman–Crippen MR) is 75.3 cm³/mol. The fourth-order valence-electron chi connectivity index (χ4n) is 1.70. The third-order valence-electron chi connectivity index (χ3n) is 2.60. The van der Waals surface area contributed by atoms with Crippen LogP contribution in [0.5, 0.6) is 0 Å². The monoisotopic (exact) mass is 296 g/mol. The van der Waals surface area contributed by atoms with Crippen LogP contribution >= 0.6 is 15.9 Å². The summed E-state index contributed by atoms with van der Waals surface area (Å²) in [6.07, 6.45) is 3.79. The Balaban J connectivity index is 2.00. The molecule has 0 N–H and O–H groups in total. The van der Waals surface area contributed by atoms with Gasteiger partial charge in [0.15, 0.2) is 5.82 Å². The Morgan fingerprint density at radius 2 is 1.83 bits per heavy atom. The molecule has 1 aromatic carbocycles. The Labute approximate surface area is 113 Å². The van der Waals surface area contributed by atoms with Gasteiger partial charge in [0.2, 0.25) is 0 Å². The van der Waals surface area contributed by atoms with E-state index in [1.165, 1.54) is 0 Å². The highest BCUT2D eigenvalue weighted by Gasteiger charge is 1.97. The SMILES string of the molecule is Brc1ccc(C#Cc2ncc3ccccn23)cc1. The van der Waals surface area contributed by atoms with Gasteiger partial charge in [0.1, 0.15) is 0 Å². The van der Waals surface area contributed by atoms with Gasteiger partial charge in [0.05, 0.1) is 11.7 Å². The first-order valence-electron chi connectivity index (χ1n) is 5.52. The average molecular weight is 297 g/mol. The number of pyridine rings is 1. The summed E-state index contributed by atoms with van der Waals surface area (Å²) in [5.41, 5.74) is 2.03. The number of halogens is 1. The van der Waals surface area contributed by atoms with Gasteiger partial charge in [-0.05, 0) is 42.3 Å². The molecule has 0 saturated carbocycles. The Kier molecular flexibility index (Phi) is 2.87. The van der Waals surface area contributed by atoms with Crippen LogP contribution in [0.25, 0.3) is 5.52 Å². The van der Waals surface area contributed by atoms with Crippen LogP contribution in [-0.4, -0.2) is 9.38 Å². The molecule has 0 aliphatic carbocycles. The molecule has 0 saturated heterocycles. The van der Waals surface area contributed by atoms with E-state index in [2.05, 4.69) is 32.8 Å². The van der Waals surface area contributed by atoms with E-state index in [0.29, 0.717) is 0 Å². The second-order valence-electron chi connectivity index (χ2n) is 3.83. The summed E-state index contributed by atoms with van der Waals surface area (Å²) in [6, 6.07) is 13.9. The van der Waals surface area contributed by atoms with Crippen molar-refractivity contribution in [2.24, 2.45) is 0 Å². The standard InChI is InChI=1S/C15H9BrN2/c16-13-7-4-12(5-8-13)6-9-15-17-11-14-3-1-2-10-18(14)15/h1-5,7-8,10-11H. The van der Waals surface area contributed by atoms with Crippen molar-refractivity contribution >= 4 is 21.4 Å². The number of hydrogen-bond acceptors (Lipinski definition) is 1. The molecule has 0 amide bonds. The topological polar surface area (TPSA) is 17.3 Å². The molecular formula is C15H9BrN2. The highest BCUT2D eigenvalue weighted by Crippen LogP contribution is 2.10. The van der Waals surface area contributed by atoms with Crippen molar-refractivity contribution in [2.45, 2.75) is 0 Å². The Hall–Kier alpha value is -2.05. The summed E-state index contributed by atoms with van der Waals surface area (Å²) in [7, 11) is 0. The molecule has 0 atom stereocenters. The summed E-state index contributed by atoms with van der Waals surface area (Å²) in [5.74, 6) is 6.96. The summed E-state index contributed by atoms with van der Waals surface area (Å²) >= 11 is 3.40. The van der Waals surface area contributed by atoms with Gasteiger partial charge in [-0.15, -0.1) is 0 Å². The maximum atomic E-state index is 4.31. The quantitative estimate of drug-likeness (QED) is 0.581. The Morgan fingerprint density at radius 1 is 1.00 bits per heavy atom. The third-order valence-corrected chi connectivity index (χ3v) is 3.13. The van der Waals surface area contributed by atoms with Gasteiger partial charge in [-0.3, -0.25) is 4.40 Å². The molecule has 86 valence electrons. The fraction of sp³-hybridized carbons (Fsp3) is 0. The second kappa shape index (κ2) is 4.67. The van der Waals surface area contributed by atoms with E-state index in [9.17, 15) is 0 Å². The van der Waals surface area contributed by atoms with Gasteiger partial charge in [0.25, 0.3) is 0 Å². The fourth-order valence-corrected chi connectivity index (χ4v) is 1.96. The molecule has 2 aromatic heterocycles. The first-order valence-corrected chi connectivity index (χ1v) is 6.32. The van der Waals surface area contributed by atoms with Crippen LogP contribution in [0, 0.1) is 11.8 Å². The molecule has 0 aliphatic rings. The van der Waals surface area contributed by atoms with Crippen molar-refractivity contribution in [3.63, 3.8) is 0 Å². The molecule has 0 bridgehead atoms. The van der Waals surface area contributed by atoms with Crippen molar-refractivity contribution in [1.82, 2.24) is 9.38 Å². The van der Waals surface area contributed by atoms with E-state index in [-0.39, 0.29) is 0 Å². The van der Waals surface area contributed by atoms with Crippen LogP contribution in [0.2, 0.25) is 0 Å². The van der Waals surface area contributed by atoms with Crippen LogP contribution in [0.1, 0.15) is 11.4 Å². The molecule has 2 nitrogen and oxygen atoms in total. The largest absolute Gasteiger partial charge is 0.293 e. The zero-order chi connectivity index (χ0) is 12.4. The Bertz CT molecular complexity index is 745. The lowest BCUT2D eigenvalue weighted by Gasteiger charge is -1.93. The van der Waals surface area contributed by atoms with Crippen molar-refractivity contribution in [3.8, 4) is 11.8 Å². The van der Waals surface area contributed by atoms with Gasteiger partial charge >= 0.3 is 0 Å². The zero-order valence-electron chi connectivity index (χ0n) is 9.47. The van der Waals surface area contributed by atoms with E-state index in [1.54, 1.807) is 0 Å². The number of rotatable bonds is 0. The predicted octanol–water partition coefficient (Wildman–Crippen LogP) is 3.50. The normalized spacial score (nSPS) is 10.1. The number of hydrogen-bond donors (Lipinski definition) is 0. The van der Waals surface area contributed by atoms with Gasteiger partial charge in [-0.2, -0.15) is 0 Å². The molecule has 0 radical (unpaired) electrons. The van der Waals surface area contributed by atoms with Gasteiger partial charge in [-0.25, -0.2) is 4.98 Å². The van der Waals surface area contributed by atoms with Crippen molar-refractivity contribution in [3.05, 3.63) is 70.7 Å². The molecule has 2 heterocycles. The van der Waals surface area contributed by atoms with Crippen LogP contribution in [0.3, 0.4) is 0 Å². The summed E-state index contributed by atoms with van der Waals surface area (Å²) in [4.78, 5) is 4.31. The third kappa shape index (κ3) is 2.15. The highest BCUT2D eigenvalue weighted by molar-refractivity contribution is 9.10. The number of benzene rings is 1. The number of nitrogens with zero attached hydrogens (tertiary/aromatic N) is 2. The highest BCUT2D eigenvalue weighted by atomic mass is 79.9. The van der Waals surface area contributed by atoms with Gasteiger partial charge < -0.3 is 0 Å². The van der Waals surface area contributed by atoms with Crippen molar-refractivity contribution in [1.29, 1.82) is 0 Å². The van der Waals surface area contributed by atoms with Crippen molar-refractivity contribution in [2.75, 3.05) is 0 Å². The van der Waals surface area contributed by atoms with E-state index in [4.69, 9.17) is 0 Å². The lowest BCUT2D eigenvalue weighted by molar-refractivity contribution is 1.12. The van der Waals surface area contributed by atoms with E-state index in [1.807, 2.05) is 59.3 Å². The smallest absolute Gasteiger partial charge is 0.190 e. The molecule has 3 aromatic rings.